The van der Waals surface area contributed by atoms with Crippen molar-refractivity contribution in [3.63, 3.8) is 0 Å². The lowest BCUT2D eigenvalue weighted by atomic mass is 9.85. The lowest BCUT2D eigenvalue weighted by molar-refractivity contribution is -0.161. The number of likely N-dealkylation sites (tertiary alicyclic amines) is 1. The molecule has 2 saturated heterocycles. The SMILES string of the molecule is COc1ccccc1[C@H]1c2[nH]c3ccccc3c2C[C@H]2C(=O)N(C3CCN(Cc4ccccc4)CC3)CC(=O)N12. The zero-order chi connectivity index (χ0) is 27.2. The fourth-order valence-corrected chi connectivity index (χ4v) is 7.04. The predicted molar refractivity (Wildman–Crippen MR) is 154 cm³/mol. The standard InChI is InChI=1S/C33H34N4O3/c1-40-29-14-8-6-12-25(29)32-31-26(24-11-5-7-13-27(24)34-31)19-28-33(39)36(21-30(38)37(28)32)23-15-17-35(18-16-23)20-22-9-3-2-4-10-22/h2-14,23,28,32,34H,15-21H2,1H3/t28-,32-/m0/s1. The molecule has 0 radical (unpaired) electrons. The molecular formula is C33H34N4O3. The van der Waals surface area contributed by atoms with Crippen LogP contribution in [-0.4, -0.2) is 70.3 Å². The number of para-hydroxylation sites is 2. The highest BCUT2D eigenvalue weighted by molar-refractivity contribution is 5.98. The molecule has 1 aromatic heterocycles. The van der Waals surface area contributed by atoms with Gasteiger partial charge >= 0.3 is 0 Å². The lowest BCUT2D eigenvalue weighted by Crippen LogP contribution is -2.65. The number of carbonyl (C=O) groups excluding carboxylic acids is 2. The first-order valence-corrected chi connectivity index (χ1v) is 14.2. The van der Waals surface area contributed by atoms with Gasteiger partial charge in [0.05, 0.1) is 7.11 Å². The molecule has 7 heteroatoms. The Labute approximate surface area is 234 Å². The molecular weight excluding hydrogens is 500 g/mol. The average molecular weight is 535 g/mol. The van der Waals surface area contributed by atoms with Crippen molar-refractivity contribution in [2.45, 2.75) is 43.9 Å². The van der Waals surface area contributed by atoms with Crippen molar-refractivity contribution in [3.8, 4) is 5.75 Å². The number of aromatic nitrogens is 1. The molecule has 7 rings (SSSR count). The van der Waals surface area contributed by atoms with Crippen molar-refractivity contribution in [1.29, 1.82) is 0 Å². The molecule has 3 aliphatic heterocycles. The van der Waals surface area contributed by atoms with Crippen LogP contribution in [0.2, 0.25) is 0 Å². The summed E-state index contributed by atoms with van der Waals surface area (Å²) in [5.41, 5.74) is 5.32. The molecule has 4 heterocycles. The molecule has 3 aliphatic rings. The number of piperazine rings is 1. The van der Waals surface area contributed by atoms with E-state index in [1.807, 2.05) is 52.3 Å². The van der Waals surface area contributed by atoms with Gasteiger partial charge in [-0.2, -0.15) is 0 Å². The number of hydrogen-bond acceptors (Lipinski definition) is 4. The van der Waals surface area contributed by atoms with Crippen LogP contribution >= 0.6 is 0 Å². The summed E-state index contributed by atoms with van der Waals surface area (Å²) >= 11 is 0. The van der Waals surface area contributed by atoms with Crippen molar-refractivity contribution >= 4 is 22.7 Å². The summed E-state index contributed by atoms with van der Waals surface area (Å²) in [6, 6.07) is 25.7. The van der Waals surface area contributed by atoms with Crippen LogP contribution in [0, 0.1) is 0 Å². The second-order valence-electron chi connectivity index (χ2n) is 11.2. The molecule has 204 valence electrons. The number of rotatable bonds is 5. The zero-order valence-electron chi connectivity index (χ0n) is 22.8. The van der Waals surface area contributed by atoms with Crippen LogP contribution in [0.15, 0.2) is 78.9 Å². The average Bonchev–Trinajstić information content (AvgIpc) is 3.37. The van der Waals surface area contributed by atoms with Crippen molar-refractivity contribution < 1.29 is 14.3 Å². The Morgan fingerprint density at radius 3 is 2.42 bits per heavy atom. The van der Waals surface area contributed by atoms with Gasteiger partial charge in [0.25, 0.3) is 0 Å². The van der Waals surface area contributed by atoms with Gasteiger partial charge in [-0.15, -0.1) is 0 Å². The van der Waals surface area contributed by atoms with Gasteiger partial charge in [0.15, 0.2) is 0 Å². The summed E-state index contributed by atoms with van der Waals surface area (Å²) in [6.07, 6.45) is 2.28. The summed E-state index contributed by atoms with van der Waals surface area (Å²) in [5.74, 6) is 0.777. The van der Waals surface area contributed by atoms with E-state index >= 15 is 0 Å². The van der Waals surface area contributed by atoms with Gasteiger partial charge in [-0.1, -0.05) is 66.7 Å². The van der Waals surface area contributed by atoms with Crippen molar-refractivity contribution in [2.24, 2.45) is 0 Å². The summed E-state index contributed by atoms with van der Waals surface area (Å²) in [4.78, 5) is 38.0. The Morgan fingerprint density at radius 2 is 1.62 bits per heavy atom. The number of carbonyl (C=O) groups is 2. The monoisotopic (exact) mass is 534 g/mol. The smallest absolute Gasteiger partial charge is 0.246 e. The van der Waals surface area contributed by atoms with Crippen LogP contribution in [0.1, 0.15) is 41.3 Å². The number of benzene rings is 3. The van der Waals surface area contributed by atoms with E-state index in [2.05, 4.69) is 46.3 Å². The molecule has 2 atom stereocenters. The molecule has 2 fully saturated rings. The van der Waals surface area contributed by atoms with Gasteiger partial charge in [-0.25, -0.2) is 0 Å². The second kappa shape index (κ2) is 10.1. The largest absolute Gasteiger partial charge is 0.496 e. The molecule has 2 amide bonds. The van der Waals surface area contributed by atoms with Crippen molar-refractivity contribution in [1.82, 2.24) is 19.7 Å². The maximum Gasteiger partial charge on any atom is 0.246 e. The first-order chi connectivity index (χ1) is 19.6. The summed E-state index contributed by atoms with van der Waals surface area (Å²) in [7, 11) is 1.65. The maximum absolute atomic E-state index is 14.3. The highest BCUT2D eigenvalue weighted by Crippen LogP contribution is 2.45. The highest BCUT2D eigenvalue weighted by atomic mass is 16.5. The number of amides is 2. The summed E-state index contributed by atoms with van der Waals surface area (Å²) in [5, 5.41) is 1.11. The molecule has 40 heavy (non-hydrogen) atoms. The van der Waals surface area contributed by atoms with E-state index < -0.39 is 12.1 Å². The Kier molecular flexibility index (Phi) is 6.31. The molecule has 0 spiro atoms. The molecule has 0 bridgehead atoms. The number of methoxy groups -OCH3 is 1. The lowest BCUT2D eigenvalue weighted by Gasteiger charge is -2.49. The Bertz CT molecular complexity index is 1560. The Morgan fingerprint density at radius 1 is 0.900 bits per heavy atom. The first-order valence-electron chi connectivity index (χ1n) is 14.2. The molecule has 0 unspecified atom stereocenters. The maximum atomic E-state index is 14.3. The van der Waals surface area contributed by atoms with Gasteiger partial charge < -0.3 is 19.5 Å². The fraction of sp³-hybridized carbons (Fsp3) is 0.333. The van der Waals surface area contributed by atoms with Gasteiger partial charge in [-0.3, -0.25) is 14.5 Å². The molecule has 0 saturated carbocycles. The molecule has 1 N–H and O–H groups in total. The van der Waals surface area contributed by atoms with E-state index in [0.717, 1.165) is 60.2 Å². The third-order valence-corrected chi connectivity index (χ3v) is 8.97. The van der Waals surface area contributed by atoms with E-state index in [9.17, 15) is 9.59 Å². The van der Waals surface area contributed by atoms with E-state index in [0.29, 0.717) is 12.2 Å². The number of H-pyrrole nitrogens is 1. The molecule has 0 aliphatic carbocycles. The molecule has 7 nitrogen and oxygen atoms in total. The first kappa shape index (κ1) is 24.9. The quantitative estimate of drug-likeness (QED) is 0.409. The third kappa shape index (κ3) is 4.16. The molecule has 3 aromatic carbocycles. The minimum absolute atomic E-state index is 0.00322. The Balaban J connectivity index is 1.20. The number of hydrogen-bond donors (Lipinski definition) is 1. The number of nitrogens with one attached hydrogen (secondary N) is 1. The Hall–Kier alpha value is -4.10. The minimum Gasteiger partial charge on any atom is -0.496 e. The topological polar surface area (TPSA) is 68.9 Å². The van der Waals surface area contributed by atoms with Crippen LogP contribution in [0.4, 0.5) is 0 Å². The second-order valence-corrected chi connectivity index (χ2v) is 11.2. The van der Waals surface area contributed by atoms with Crippen LogP contribution in [0.3, 0.4) is 0 Å². The van der Waals surface area contributed by atoms with Crippen molar-refractivity contribution in [3.05, 3.63) is 101 Å². The third-order valence-electron chi connectivity index (χ3n) is 8.97. The summed E-state index contributed by atoms with van der Waals surface area (Å²) in [6.45, 7) is 2.88. The number of fused-ring (bicyclic) bond motifs is 4. The molecule has 4 aromatic rings. The van der Waals surface area contributed by atoms with Crippen LogP contribution in [0.25, 0.3) is 10.9 Å². The number of aromatic amines is 1. The van der Waals surface area contributed by atoms with Crippen LogP contribution in [-0.2, 0) is 22.6 Å². The van der Waals surface area contributed by atoms with Crippen LogP contribution in [0.5, 0.6) is 5.75 Å². The van der Waals surface area contributed by atoms with E-state index in [-0.39, 0.29) is 24.4 Å². The van der Waals surface area contributed by atoms with E-state index in [1.54, 1.807) is 7.11 Å². The highest BCUT2D eigenvalue weighted by Gasteiger charge is 2.50. The van der Waals surface area contributed by atoms with Gasteiger partial charge in [0, 0.05) is 54.3 Å². The zero-order valence-corrected chi connectivity index (χ0v) is 22.8. The predicted octanol–water partition coefficient (Wildman–Crippen LogP) is 4.53. The van der Waals surface area contributed by atoms with Gasteiger partial charge in [0.1, 0.15) is 24.4 Å². The number of nitrogens with zero attached hydrogens (tertiary/aromatic N) is 3. The number of ether oxygens (including phenoxy) is 1. The van der Waals surface area contributed by atoms with E-state index in [4.69, 9.17) is 4.74 Å². The van der Waals surface area contributed by atoms with Gasteiger partial charge in [-0.05, 0) is 36.1 Å². The van der Waals surface area contributed by atoms with E-state index in [1.165, 1.54) is 5.56 Å². The van der Waals surface area contributed by atoms with Crippen LogP contribution < -0.4 is 4.74 Å². The fourth-order valence-electron chi connectivity index (χ4n) is 7.04. The summed E-state index contributed by atoms with van der Waals surface area (Å²) < 4.78 is 5.75. The minimum atomic E-state index is -0.537. The number of piperidine rings is 1. The van der Waals surface area contributed by atoms with Crippen molar-refractivity contribution in [2.75, 3.05) is 26.7 Å². The normalized spacial score (nSPS) is 21.9. The van der Waals surface area contributed by atoms with Gasteiger partial charge in [0.2, 0.25) is 11.8 Å².